The van der Waals surface area contributed by atoms with E-state index in [1.165, 1.54) is 18.2 Å². The first-order valence-corrected chi connectivity index (χ1v) is 4.18. The number of hydrogen-bond acceptors (Lipinski definition) is 2. The largest absolute Gasteiger partial charge is 0.324 e. The molecule has 0 fully saturated rings. The van der Waals surface area contributed by atoms with Crippen LogP contribution >= 0.6 is 0 Å². The van der Waals surface area contributed by atoms with Gasteiger partial charge in [-0.05, 0) is 18.6 Å². The van der Waals surface area contributed by atoms with Crippen molar-refractivity contribution in [2.75, 3.05) is 6.54 Å². The molecular formula is C10H11F2NO. The molecule has 0 amide bonds. The van der Waals surface area contributed by atoms with Gasteiger partial charge in [0.2, 0.25) is 0 Å². The van der Waals surface area contributed by atoms with E-state index in [0.717, 1.165) is 0 Å². The predicted molar refractivity (Wildman–Crippen MR) is 49.5 cm³/mol. The van der Waals surface area contributed by atoms with Gasteiger partial charge in [-0.1, -0.05) is 12.1 Å². The van der Waals surface area contributed by atoms with E-state index < -0.39 is 6.43 Å². The van der Waals surface area contributed by atoms with Gasteiger partial charge in [-0.15, -0.1) is 0 Å². The third kappa shape index (κ3) is 2.14. The number of nitrogens with two attached hydrogens (primary N) is 1. The Hall–Kier alpha value is -1.29. The van der Waals surface area contributed by atoms with Crippen molar-refractivity contribution in [1.29, 1.82) is 0 Å². The lowest BCUT2D eigenvalue weighted by atomic mass is 10.0. The van der Waals surface area contributed by atoms with E-state index in [0.29, 0.717) is 5.56 Å². The van der Waals surface area contributed by atoms with E-state index >= 15 is 0 Å². The molecule has 0 radical (unpaired) electrons. The van der Waals surface area contributed by atoms with Crippen molar-refractivity contribution in [2.45, 2.75) is 13.3 Å². The van der Waals surface area contributed by atoms with Crippen molar-refractivity contribution < 1.29 is 13.6 Å². The Morgan fingerprint density at radius 1 is 1.50 bits per heavy atom. The Morgan fingerprint density at radius 2 is 2.14 bits per heavy atom. The van der Waals surface area contributed by atoms with Crippen LogP contribution in [0.5, 0.6) is 0 Å². The third-order valence-electron chi connectivity index (χ3n) is 2.02. The lowest BCUT2D eigenvalue weighted by Crippen LogP contribution is -2.13. The van der Waals surface area contributed by atoms with Gasteiger partial charge in [0.25, 0.3) is 6.43 Å². The van der Waals surface area contributed by atoms with Crippen LogP contribution in [0.2, 0.25) is 0 Å². The van der Waals surface area contributed by atoms with Gasteiger partial charge in [-0.2, -0.15) is 0 Å². The van der Waals surface area contributed by atoms with Gasteiger partial charge >= 0.3 is 0 Å². The van der Waals surface area contributed by atoms with Gasteiger partial charge < -0.3 is 5.73 Å². The Kier molecular flexibility index (Phi) is 3.30. The minimum atomic E-state index is -2.56. The summed E-state index contributed by atoms with van der Waals surface area (Å²) in [6.45, 7) is 1.42. The van der Waals surface area contributed by atoms with Crippen molar-refractivity contribution in [3.05, 3.63) is 34.9 Å². The lowest BCUT2D eigenvalue weighted by molar-refractivity contribution is 0.100. The van der Waals surface area contributed by atoms with Gasteiger partial charge in [0.15, 0.2) is 5.78 Å². The molecule has 0 unspecified atom stereocenters. The van der Waals surface area contributed by atoms with Gasteiger partial charge in [0, 0.05) is 11.1 Å². The van der Waals surface area contributed by atoms with Crippen molar-refractivity contribution in [2.24, 2.45) is 5.73 Å². The molecule has 0 atom stereocenters. The zero-order valence-corrected chi connectivity index (χ0v) is 7.76. The summed E-state index contributed by atoms with van der Waals surface area (Å²) in [7, 11) is 0. The number of ketones is 1. The molecule has 0 bridgehead atoms. The second-order valence-corrected chi connectivity index (χ2v) is 3.00. The molecule has 0 aliphatic carbocycles. The maximum absolute atomic E-state index is 12.4. The van der Waals surface area contributed by atoms with E-state index in [1.54, 1.807) is 6.92 Å². The minimum absolute atomic E-state index is 0.107. The van der Waals surface area contributed by atoms with Crippen LogP contribution < -0.4 is 5.73 Å². The van der Waals surface area contributed by atoms with Crippen LogP contribution in [0.1, 0.15) is 27.9 Å². The highest BCUT2D eigenvalue weighted by molar-refractivity contribution is 5.97. The van der Waals surface area contributed by atoms with Crippen LogP contribution in [0.15, 0.2) is 18.2 Å². The summed E-state index contributed by atoms with van der Waals surface area (Å²) in [4.78, 5) is 11.1. The molecule has 1 aromatic carbocycles. The Balaban J connectivity index is 3.13. The molecular weight excluding hydrogens is 188 g/mol. The van der Waals surface area contributed by atoms with E-state index in [9.17, 15) is 13.6 Å². The molecule has 14 heavy (non-hydrogen) atoms. The van der Waals surface area contributed by atoms with Crippen molar-refractivity contribution >= 4 is 5.78 Å². The highest BCUT2D eigenvalue weighted by atomic mass is 19.3. The van der Waals surface area contributed by atoms with Crippen molar-refractivity contribution in [1.82, 2.24) is 0 Å². The zero-order valence-electron chi connectivity index (χ0n) is 7.76. The number of hydrogen-bond donors (Lipinski definition) is 1. The number of benzene rings is 1. The molecule has 0 spiro atoms. The lowest BCUT2D eigenvalue weighted by Gasteiger charge is -2.06. The zero-order chi connectivity index (χ0) is 10.7. The number of rotatable bonds is 3. The quantitative estimate of drug-likeness (QED) is 0.757. The molecule has 0 saturated heterocycles. The molecule has 76 valence electrons. The average Bonchev–Trinajstić information content (AvgIpc) is 2.17. The number of halogens is 2. The summed E-state index contributed by atoms with van der Waals surface area (Å²) < 4.78 is 24.9. The maximum Gasteiger partial charge on any atom is 0.264 e. The third-order valence-corrected chi connectivity index (χ3v) is 2.02. The van der Waals surface area contributed by atoms with Gasteiger partial charge in [-0.3, -0.25) is 4.79 Å². The smallest absolute Gasteiger partial charge is 0.264 e. The summed E-state index contributed by atoms with van der Waals surface area (Å²) in [6.07, 6.45) is -2.56. The fourth-order valence-electron chi connectivity index (χ4n) is 1.17. The summed E-state index contributed by atoms with van der Waals surface area (Å²) in [6, 6.07) is 4.22. The Labute approximate surface area is 80.7 Å². The number of carbonyl (C=O) groups excluding carboxylic acids is 1. The van der Waals surface area contributed by atoms with E-state index in [4.69, 9.17) is 5.73 Å². The fourth-order valence-corrected chi connectivity index (χ4v) is 1.17. The van der Waals surface area contributed by atoms with Gasteiger partial charge in [0.1, 0.15) is 0 Å². The molecule has 0 aliphatic rings. The normalized spacial score (nSPS) is 10.6. The van der Waals surface area contributed by atoms with Crippen LogP contribution in [0.25, 0.3) is 0 Å². The summed E-state index contributed by atoms with van der Waals surface area (Å²) in [5.74, 6) is -0.327. The maximum atomic E-state index is 12.4. The number of alkyl halides is 2. The van der Waals surface area contributed by atoms with E-state index in [-0.39, 0.29) is 23.5 Å². The predicted octanol–water partition coefficient (Wildman–Crippen LogP) is 2.07. The van der Waals surface area contributed by atoms with Crippen molar-refractivity contribution in [3.8, 4) is 0 Å². The van der Waals surface area contributed by atoms with Crippen LogP contribution in [0.3, 0.4) is 0 Å². The topological polar surface area (TPSA) is 43.1 Å². The molecule has 1 rings (SSSR count). The number of carbonyl (C=O) groups is 1. The summed E-state index contributed by atoms with van der Waals surface area (Å²) in [5.41, 5.74) is 5.75. The first-order valence-electron chi connectivity index (χ1n) is 4.18. The Morgan fingerprint density at radius 3 is 2.64 bits per heavy atom. The monoisotopic (exact) mass is 199 g/mol. The van der Waals surface area contributed by atoms with Crippen LogP contribution in [-0.2, 0) is 0 Å². The molecule has 2 N–H and O–H groups in total. The molecule has 0 saturated carbocycles. The van der Waals surface area contributed by atoms with Gasteiger partial charge in [0.05, 0.1) is 6.54 Å². The standard InChI is InChI=1S/C10H11F2NO/c1-6-2-3-7(9(14)5-13)4-8(6)10(11)12/h2-4,10H,5,13H2,1H3. The molecule has 1 aromatic rings. The second kappa shape index (κ2) is 4.28. The summed E-state index contributed by atoms with van der Waals surface area (Å²) in [5, 5.41) is 0. The average molecular weight is 199 g/mol. The van der Waals surface area contributed by atoms with Gasteiger partial charge in [-0.25, -0.2) is 8.78 Å². The fraction of sp³-hybridized carbons (Fsp3) is 0.300. The van der Waals surface area contributed by atoms with Crippen LogP contribution in [-0.4, -0.2) is 12.3 Å². The molecule has 2 nitrogen and oxygen atoms in total. The molecule has 4 heteroatoms. The minimum Gasteiger partial charge on any atom is -0.324 e. The van der Waals surface area contributed by atoms with Crippen LogP contribution in [0.4, 0.5) is 8.78 Å². The molecule has 0 aliphatic heterocycles. The highest BCUT2D eigenvalue weighted by Crippen LogP contribution is 2.23. The number of Topliss-reactive ketones (excluding diaryl/α,β-unsaturated/α-hetero) is 1. The van der Waals surface area contributed by atoms with E-state index in [1.807, 2.05) is 0 Å². The van der Waals surface area contributed by atoms with Crippen LogP contribution in [0, 0.1) is 6.92 Å². The number of aryl methyl sites for hydroxylation is 1. The first-order chi connectivity index (χ1) is 6.56. The first kappa shape index (κ1) is 10.8. The second-order valence-electron chi connectivity index (χ2n) is 3.00. The van der Waals surface area contributed by atoms with Crippen molar-refractivity contribution in [3.63, 3.8) is 0 Å². The molecule has 0 aromatic heterocycles. The molecule has 0 heterocycles. The highest BCUT2D eigenvalue weighted by Gasteiger charge is 2.13. The van der Waals surface area contributed by atoms with E-state index in [2.05, 4.69) is 0 Å². The SMILES string of the molecule is Cc1ccc(C(=O)CN)cc1C(F)F. The Bertz CT molecular complexity index is 350. The summed E-state index contributed by atoms with van der Waals surface area (Å²) >= 11 is 0.